The van der Waals surface area contributed by atoms with Crippen LogP contribution in [0.2, 0.25) is 0 Å². The van der Waals surface area contributed by atoms with Gasteiger partial charge in [0.05, 0.1) is 0 Å². The van der Waals surface area contributed by atoms with E-state index in [1.54, 1.807) is 6.20 Å². The Morgan fingerprint density at radius 3 is 2.21 bits per heavy atom. The van der Waals surface area contributed by atoms with Crippen LogP contribution in [0.5, 0.6) is 0 Å². The fourth-order valence-electron chi connectivity index (χ4n) is 3.26. The third kappa shape index (κ3) is 6.46. The van der Waals surface area contributed by atoms with E-state index in [9.17, 15) is 4.79 Å². The van der Waals surface area contributed by atoms with Gasteiger partial charge in [-0.05, 0) is 41.8 Å². The summed E-state index contributed by atoms with van der Waals surface area (Å²) in [6.45, 7) is 1.29. The van der Waals surface area contributed by atoms with Crippen LogP contribution in [-0.2, 0) is 24.2 Å². The molecule has 1 aromatic heterocycles. The summed E-state index contributed by atoms with van der Waals surface area (Å²) in [6.07, 6.45) is 3.84. The lowest BCUT2D eigenvalue weighted by Gasteiger charge is -2.23. The van der Waals surface area contributed by atoms with Crippen molar-refractivity contribution in [1.82, 2.24) is 9.88 Å². The Morgan fingerprint density at radius 1 is 0.828 bits per heavy atom. The molecule has 2 aromatic carbocycles. The Labute approximate surface area is 173 Å². The zero-order valence-electron chi connectivity index (χ0n) is 17.3. The molecule has 29 heavy (non-hydrogen) atoms. The van der Waals surface area contributed by atoms with Crippen molar-refractivity contribution >= 4 is 11.6 Å². The third-order valence-corrected chi connectivity index (χ3v) is 5.01. The van der Waals surface area contributed by atoms with Crippen molar-refractivity contribution < 1.29 is 4.79 Å². The molecular formula is C25H29N3O. The summed E-state index contributed by atoms with van der Waals surface area (Å²) >= 11 is 0. The van der Waals surface area contributed by atoms with Gasteiger partial charge in [0.15, 0.2) is 0 Å². The second kappa shape index (κ2) is 10.4. The molecule has 0 atom stereocenters. The molecule has 0 aliphatic carbocycles. The predicted octanol–water partition coefficient (Wildman–Crippen LogP) is 4.35. The molecule has 3 aromatic rings. The molecule has 0 saturated heterocycles. The minimum absolute atomic E-state index is 0.182. The lowest BCUT2D eigenvalue weighted by atomic mass is 10.1. The number of nitrogens with zero attached hydrogens (tertiary/aromatic N) is 3. The summed E-state index contributed by atoms with van der Waals surface area (Å²) in [6, 6.07) is 24.5. The van der Waals surface area contributed by atoms with Crippen LogP contribution < -0.4 is 4.90 Å². The third-order valence-electron chi connectivity index (χ3n) is 5.01. The summed E-state index contributed by atoms with van der Waals surface area (Å²) in [5, 5.41) is 0. The number of amides is 1. The Morgan fingerprint density at radius 2 is 1.55 bits per heavy atom. The molecule has 3 rings (SSSR count). The molecule has 0 radical (unpaired) electrons. The maximum Gasteiger partial charge on any atom is 0.223 e. The summed E-state index contributed by atoms with van der Waals surface area (Å²) < 4.78 is 0. The first-order valence-electron chi connectivity index (χ1n) is 10.1. The molecule has 4 nitrogen and oxygen atoms in total. The first-order valence-corrected chi connectivity index (χ1v) is 10.1. The first kappa shape index (κ1) is 20.6. The molecule has 0 aliphatic rings. The summed E-state index contributed by atoms with van der Waals surface area (Å²) in [7, 11) is 4.06. The maximum absolute atomic E-state index is 13.0. The van der Waals surface area contributed by atoms with E-state index in [2.05, 4.69) is 46.3 Å². The van der Waals surface area contributed by atoms with Crippen molar-refractivity contribution in [2.75, 3.05) is 25.5 Å². The number of benzene rings is 2. The largest absolute Gasteiger partial charge is 0.378 e. The molecule has 1 heterocycles. The van der Waals surface area contributed by atoms with Gasteiger partial charge in [0.1, 0.15) is 0 Å². The zero-order chi connectivity index (χ0) is 20.5. The van der Waals surface area contributed by atoms with Crippen molar-refractivity contribution in [2.24, 2.45) is 0 Å². The van der Waals surface area contributed by atoms with Gasteiger partial charge in [0.2, 0.25) is 5.91 Å². The number of carbonyl (C=O) groups is 1. The van der Waals surface area contributed by atoms with E-state index >= 15 is 0 Å². The van der Waals surface area contributed by atoms with E-state index in [4.69, 9.17) is 0 Å². The number of pyridine rings is 1. The van der Waals surface area contributed by atoms with Gasteiger partial charge in [-0.15, -0.1) is 0 Å². The monoisotopic (exact) mass is 387 g/mol. The van der Waals surface area contributed by atoms with E-state index in [0.717, 1.165) is 29.8 Å². The molecule has 0 fully saturated rings. The lowest BCUT2D eigenvalue weighted by molar-refractivity contribution is -0.131. The maximum atomic E-state index is 13.0. The molecule has 150 valence electrons. The fourth-order valence-corrected chi connectivity index (χ4v) is 3.26. The van der Waals surface area contributed by atoms with Gasteiger partial charge >= 0.3 is 0 Å². The topological polar surface area (TPSA) is 36.4 Å². The molecule has 0 bridgehead atoms. The van der Waals surface area contributed by atoms with Crippen LogP contribution in [0.15, 0.2) is 79.0 Å². The minimum atomic E-state index is 0.182. The smallest absolute Gasteiger partial charge is 0.223 e. The highest BCUT2D eigenvalue weighted by Gasteiger charge is 2.15. The highest BCUT2D eigenvalue weighted by Crippen LogP contribution is 2.15. The number of carbonyl (C=O) groups excluding carboxylic acids is 1. The number of anilines is 1. The number of aryl methyl sites for hydroxylation is 1. The van der Waals surface area contributed by atoms with Crippen LogP contribution in [0.3, 0.4) is 0 Å². The van der Waals surface area contributed by atoms with Crippen molar-refractivity contribution in [2.45, 2.75) is 25.8 Å². The van der Waals surface area contributed by atoms with Crippen molar-refractivity contribution in [3.63, 3.8) is 0 Å². The van der Waals surface area contributed by atoms with Crippen LogP contribution in [0, 0.1) is 0 Å². The average molecular weight is 388 g/mol. The van der Waals surface area contributed by atoms with Crippen molar-refractivity contribution in [3.8, 4) is 0 Å². The predicted molar refractivity (Wildman–Crippen MR) is 119 cm³/mol. The highest BCUT2D eigenvalue weighted by atomic mass is 16.2. The van der Waals surface area contributed by atoms with E-state index in [-0.39, 0.29) is 5.91 Å². The van der Waals surface area contributed by atoms with Gasteiger partial charge in [-0.3, -0.25) is 9.78 Å². The van der Waals surface area contributed by atoms with Gasteiger partial charge in [0.25, 0.3) is 0 Å². The van der Waals surface area contributed by atoms with Crippen LogP contribution in [0.4, 0.5) is 5.69 Å². The molecular weight excluding hydrogens is 358 g/mol. The summed E-state index contributed by atoms with van der Waals surface area (Å²) in [5.74, 6) is 0.182. The normalized spacial score (nSPS) is 10.6. The van der Waals surface area contributed by atoms with E-state index < -0.39 is 0 Å². The average Bonchev–Trinajstić information content (AvgIpc) is 2.76. The molecule has 4 heteroatoms. The van der Waals surface area contributed by atoms with Crippen LogP contribution in [0.1, 0.15) is 23.2 Å². The zero-order valence-corrected chi connectivity index (χ0v) is 17.3. The molecule has 0 unspecified atom stereocenters. The van der Waals surface area contributed by atoms with Gasteiger partial charge < -0.3 is 9.80 Å². The lowest BCUT2D eigenvalue weighted by Crippen LogP contribution is -2.32. The summed E-state index contributed by atoms with van der Waals surface area (Å²) in [4.78, 5) is 21.5. The molecule has 0 saturated carbocycles. The standard InChI is InChI=1S/C25H29N3O/c1-27(2)24-14-11-22(12-15-24)20-28(19-17-23-10-6-7-18-26-23)25(29)16-13-21-8-4-3-5-9-21/h3-12,14-15,18H,13,16-17,19-20H2,1-2H3. The number of rotatable bonds is 9. The second-order valence-corrected chi connectivity index (χ2v) is 7.43. The van der Waals surface area contributed by atoms with Gasteiger partial charge in [-0.25, -0.2) is 0 Å². The van der Waals surface area contributed by atoms with Crippen LogP contribution >= 0.6 is 0 Å². The van der Waals surface area contributed by atoms with Crippen LogP contribution in [-0.4, -0.2) is 36.4 Å². The Bertz CT molecular complexity index is 877. The molecule has 0 spiro atoms. The molecule has 1 amide bonds. The SMILES string of the molecule is CN(C)c1ccc(CN(CCc2ccccn2)C(=O)CCc2ccccc2)cc1. The minimum Gasteiger partial charge on any atom is -0.378 e. The quantitative estimate of drug-likeness (QED) is 0.548. The number of hydrogen-bond donors (Lipinski definition) is 0. The fraction of sp³-hybridized carbons (Fsp3) is 0.280. The Kier molecular flexibility index (Phi) is 7.40. The highest BCUT2D eigenvalue weighted by molar-refractivity contribution is 5.76. The second-order valence-electron chi connectivity index (χ2n) is 7.43. The number of hydrogen-bond acceptors (Lipinski definition) is 3. The van der Waals surface area contributed by atoms with Gasteiger partial charge in [0, 0.05) is 57.6 Å². The number of aromatic nitrogens is 1. The van der Waals surface area contributed by atoms with Gasteiger partial charge in [-0.2, -0.15) is 0 Å². The van der Waals surface area contributed by atoms with E-state index in [1.165, 1.54) is 5.56 Å². The van der Waals surface area contributed by atoms with E-state index in [1.807, 2.05) is 55.4 Å². The molecule has 0 aliphatic heterocycles. The van der Waals surface area contributed by atoms with Gasteiger partial charge in [-0.1, -0.05) is 48.5 Å². The Balaban J connectivity index is 1.66. The van der Waals surface area contributed by atoms with E-state index in [0.29, 0.717) is 19.5 Å². The van der Waals surface area contributed by atoms with Crippen LogP contribution in [0.25, 0.3) is 0 Å². The van der Waals surface area contributed by atoms with Crippen molar-refractivity contribution in [3.05, 3.63) is 95.8 Å². The first-order chi connectivity index (χ1) is 14.1. The summed E-state index contributed by atoms with van der Waals surface area (Å²) in [5.41, 5.74) is 4.51. The Hall–Kier alpha value is -3.14. The molecule has 0 N–H and O–H groups in total. The van der Waals surface area contributed by atoms with Crippen molar-refractivity contribution in [1.29, 1.82) is 0 Å².